The predicted octanol–water partition coefficient (Wildman–Crippen LogP) is 5.14. The summed E-state index contributed by atoms with van der Waals surface area (Å²) in [4.78, 5) is 11.5. The number of para-hydroxylation sites is 2. The summed E-state index contributed by atoms with van der Waals surface area (Å²) in [6, 6.07) is 26.9. The number of aromatic nitrogens is 2. The van der Waals surface area contributed by atoms with Crippen molar-refractivity contribution in [3.05, 3.63) is 96.7 Å². The van der Waals surface area contributed by atoms with Gasteiger partial charge in [0.05, 0.1) is 11.3 Å². The fraction of sp³-hybridized carbons (Fsp3) is 0. The summed E-state index contributed by atoms with van der Waals surface area (Å²) in [5.41, 5.74) is 2.97. The van der Waals surface area contributed by atoms with Crippen molar-refractivity contribution in [1.82, 2.24) is 9.78 Å². The van der Waals surface area contributed by atoms with Crippen molar-refractivity contribution in [1.29, 1.82) is 0 Å². The first-order valence-corrected chi connectivity index (χ1v) is 8.27. The normalized spacial score (nSPS) is 10.5. The number of rotatable bonds is 5. The second-order valence-corrected chi connectivity index (χ2v) is 5.77. The molecular weight excluding hydrogens is 324 g/mol. The van der Waals surface area contributed by atoms with Gasteiger partial charge in [-0.15, -0.1) is 0 Å². The Morgan fingerprint density at radius 3 is 2.04 bits per heavy atom. The minimum atomic E-state index is 0.547. The highest BCUT2D eigenvalue weighted by Gasteiger charge is 2.12. The second kappa shape index (κ2) is 7.07. The molecule has 4 rings (SSSR count). The molecule has 4 aromatic rings. The van der Waals surface area contributed by atoms with Crippen molar-refractivity contribution in [2.24, 2.45) is 0 Å². The van der Waals surface area contributed by atoms with Gasteiger partial charge >= 0.3 is 0 Å². The quantitative estimate of drug-likeness (QED) is 0.472. The first-order chi connectivity index (χ1) is 12.8. The standard InChI is InChI=1S/C22H16N2O2/c25-16-18-15-24(19-7-3-1-4-8-19)23-22(18)17-11-13-21(14-12-17)26-20-9-5-2-6-10-20/h1-16H. The maximum atomic E-state index is 11.5. The summed E-state index contributed by atoms with van der Waals surface area (Å²) in [5.74, 6) is 1.51. The van der Waals surface area contributed by atoms with Gasteiger partial charge in [-0.25, -0.2) is 4.68 Å². The summed E-state index contributed by atoms with van der Waals surface area (Å²) < 4.78 is 7.52. The predicted molar refractivity (Wildman–Crippen MR) is 101 cm³/mol. The van der Waals surface area contributed by atoms with Gasteiger partial charge in [-0.1, -0.05) is 36.4 Å². The molecule has 0 amide bonds. The number of nitrogens with zero attached hydrogens (tertiary/aromatic N) is 2. The molecule has 0 spiro atoms. The third-order valence-corrected chi connectivity index (χ3v) is 4.00. The molecule has 0 saturated heterocycles. The molecule has 4 heteroatoms. The average Bonchev–Trinajstić information content (AvgIpc) is 3.15. The molecule has 0 fully saturated rings. The first-order valence-electron chi connectivity index (χ1n) is 8.27. The molecule has 0 aliphatic rings. The topological polar surface area (TPSA) is 44.1 Å². The van der Waals surface area contributed by atoms with Crippen LogP contribution in [0.2, 0.25) is 0 Å². The summed E-state index contributed by atoms with van der Waals surface area (Å²) in [5, 5.41) is 4.58. The van der Waals surface area contributed by atoms with Gasteiger partial charge in [0.2, 0.25) is 0 Å². The molecule has 0 saturated carbocycles. The monoisotopic (exact) mass is 340 g/mol. The lowest BCUT2D eigenvalue weighted by atomic mass is 10.1. The molecule has 0 bridgehead atoms. The van der Waals surface area contributed by atoms with Crippen LogP contribution in [-0.4, -0.2) is 16.1 Å². The number of carbonyl (C=O) groups is 1. The van der Waals surface area contributed by atoms with Crippen LogP contribution in [0.1, 0.15) is 10.4 Å². The van der Waals surface area contributed by atoms with Crippen LogP contribution in [0.15, 0.2) is 91.1 Å². The number of carbonyl (C=O) groups excluding carboxylic acids is 1. The van der Waals surface area contributed by atoms with Crippen molar-refractivity contribution < 1.29 is 9.53 Å². The Morgan fingerprint density at radius 1 is 0.769 bits per heavy atom. The van der Waals surface area contributed by atoms with E-state index in [0.717, 1.165) is 29.0 Å². The summed E-state index contributed by atoms with van der Waals surface area (Å²) in [6.45, 7) is 0. The van der Waals surface area contributed by atoms with Gasteiger partial charge in [-0.05, 0) is 48.5 Å². The van der Waals surface area contributed by atoms with Gasteiger partial charge in [0.1, 0.15) is 17.2 Å². The average molecular weight is 340 g/mol. The van der Waals surface area contributed by atoms with Crippen LogP contribution in [0.4, 0.5) is 0 Å². The Bertz CT molecular complexity index is 1010. The molecule has 126 valence electrons. The summed E-state index contributed by atoms with van der Waals surface area (Å²) in [7, 11) is 0. The molecule has 26 heavy (non-hydrogen) atoms. The van der Waals surface area contributed by atoms with E-state index in [1.54, 1.807) is 10.9 Å². The van der Waals surface area contributed by atoms with Gasteiger partial charge in [-0.3, -0.25) is 4.79 Å². The summed E-state index contributed by atoms with van der Waals surface area (Å²) >= 11 is 0. The minimum Gasteiger partial charge on any atom is -0.457 e. The van der Waals surface area contributed by atoms with Crippen molar-refractivity contribution in [3.63, 3.8) is 0 Å². The molecule has 0 radical (unpaired) electrons. The molecule has 1 aromatic heterocycles. The SMILES string of the molecule is O=Cc1cn(-c2ccccc2)nc1-c1ccc(Oc2ccccc2)cc1. The Hall–Kier alpha value is -3.66. The molecular formula is C22H16N2O2. The first kappa shape index (κ1) is 15.8. The van der Waals surface area contributed by atoms with E-state index in [4.69, 9.17) is 4.74 Å². The van der Waals surface area contributed by atoms with Crippen molar-refractivity contribution >= 4 is 6.29 Å². The maximum absolute atomic E-state index is 11.5. The second-order valence-electron chi connectivity index (χ2n) is 5.77. The van der Waals surface area contributed by atoms with Crippen LogP contribution in [-0.2, 0) is 0 Å². The number of benzene rings is 3. The van der Waals surface area contributed by atoms with Crippen molar-refractivity contribution in [2.75, 3.05) is 0 Å². The lowest BCUT2D eigenvalue weighted by Gasteiger charge is -2.06. The Labute approximate surface area is 151 Å². The largest absolute Gasteiger partial charge is 0.457 e. The highest BCUT2D eigenvalue weighted by Crippen LogP contribution is 2.27. The molecule has 0 unspecified atom stereocenters. The van der Waals surface area contributed by atoms with E-state index in [9.17, 15) is 4.79 Å². The van der Waals surface area contributed by atoms with Crippen LogP contribution >= 0.6 is 0 Å². The Kier molecular flexibility index (Phi) is 4.31. The number of hydrogen-bond donors (Lipinski definition) is 0. The van der Waals surface area contributed by atoms with Crippen LogP contribution in [0.3, 0.4) is 0 Å². The molecule has 3 aromatic carbocycles. The van der Waals surface area contributed by atoms with Gasteiger partial charge in [0.15, 0.2) is 6.29 Å². The van der Waals surface area contributed by atoms with Gasteiger partial charge in [0.25, 0.3) is 0 Å². The molecule has 1 heterocycles. The van der Waals surface area contributed by atoms with Gasteiger partial charge < -0.3 is 4.74 Å². The number of ether oxygens (including phenoxy) is 1. The lowest BCUT2D eigenvalue weighted by molar-refractivity contribution is 0.112. The van der Waals surface area contributed by atoms with E-state index < -0.39 is 0 Å². The van der Waals surface area contributed by atoms with Gasteiger partial charge in [-0.2, -0.15) is 5.10 Å². The van der Waals surface area contributed by atoms with E-state index >= 15 is 0 Å². The molecule has 4 nitrogen and oxygen atoms in total. The highest BCUT2D eigenvalue weighted by atomic mass is 16.5. The smallest absolute Gasteiger partial charge is 0.153 e. The molecule has 0 aliphatic heterocycles. The molecule has 0 atom stereocenters. The third kappa shape index (κ3) is 3.26. The fourth-order valence-electron chi connectivity index (χ4n) is 2.72. The van der Waals surface area contributed by atoms with E-state index in [1.807, 2.05) is 84.9 Å². The zero-order valence-electron chi connectivity index (χ0n) is 13.9. The number of aldehydes is 1. The zero-order chi connectivity index (χ0) is 17.8. The van der Waals surface area contributed by atoms with Crippen LogP contribution < -0.4 is 4.74 Å². The van der Waals surface area contributed by atoms with E-state index in [1.165, 1.54) is 0 Å². The Balaban J connectivity index is 1.63. The van der Waals surface area contributed by atoms with Crippen LogP contribution in [0, 0.1) is 0 Å². The lowest BCUT2D eigenvalue weighted by Crippen LogP contribution is -1.94. The third-order valence-electron chi connectivity index (χ3n) is 4.00. The molecule has 0 aliphatic carbocycles. The maximum Gasteiger partial charge on any atom is 0.153 e. The number of hydrogen-bond acceptors (Lipinski definition) is 3. The highest BCUT2D eigenvalue weighted by molar-refractivity contribution is 5.85. The van der Waals surface area contributed by atoms with Crippen molar-refractivity contribution in [2.45, 2.75) is 0 Å². The van der Waals surface area contributed by atoms with Crippen LogP contribution in [0.25, 0.3) is 16.9 Å². The van der Waals surface area contributed by atoms with Crippen molar-refractivity contribution in [3.8, 4) is 28.4 Å². The van der Waals surface area contributed by atoms with E-state index in [2.05, 4.69) is 5.10 Å². The molecule has 0 N–H and O–H groups in total. The fourth-order valence-corrected chi connectivity index (χ4v) is 2.72. The van der Waals surface area contributed by atoms with E-state index in [-0.39, 0.29) is 0 Å². The zero-order valence-corrected chi connectivity index (χ0v) is 13.9. The Morgan fingerprint density at radius 2 is 1.38 bits per heavy atom. The minimum absolute atomic E-state index is 0.547. The summed E-state index contributed by atoms with van der Waals surface area (Å²) in [6.07, 6.45) is 2.57. The van der Waals surface area contributed by atoms with Gasteiger partial charge in [0, 0.05) is 11.8 Å². The van der Waals surface area contributed by atoms with E-state index in [0.29, 0.717) is 11.3 Å². The van der Waals surface area contributed by atoms with Crippen LogP contribution in [0.5, 0.6) is 11.5 Å².